The van der Waals surface area contributed by atoms with E-state index in [4.69, 9.17) is 26.1 Å². The Morgan fingerprint density at radius 3 is 2.75 bits per heavy atom. The van der Waals surface area contributed by atoms with Crippen molar-refractivity contribution in [2.45, 2.75) is 32.1 Å². The molecule has 0 saturated carbocycles. The molecule has 1 aliphatic carbocycles. The van der Waals surface area contributed by atoms with Gasteiger partial charge in [-0.25, -0.2) is 4.98 Å². The summed E-state index contributed by atoms with van der Waals surface area (Å²) in [5, 5.41) is 1.06. The van der Waals surface area contributed by atoms with E-state index in [0.29, 0.717) is 33.9 Å². The smallest absolute Gasteiger partial charge is 0.234 e. The first-order valence-corrected chi connectivity index (χ1v) is 11.8. The van der Waals surface area contributed by atoms with Gasteiger partial charge in [-0.3, -0.25) is 14.5 Å². The monoisotopic (exact) mass is 475 g/mol. The number of anilines is 2. The third kappa shape index (κ3) is 4.21. The fourth-order valence-corrected chi connectivity index (χ4v) is 5.62. The SMILES string of the molecule is C=CCN(C(=O)[C@H]1CC(=O)N(c2cc(Cl)c(OC)cc2OC)C1)c1nc2c(s1)CCCC2. The molecule has 0 N–H and O–H groups in total. The molecule has 0 unspecified atom stereocenters. The molecule has 9 heteroatoms. The first-order valence-electron chi connectivity index (χ1n) is 10.6. The van der Waals surface area contributed by atoms with E-state index >= 15 is 0 Å². The summed E-state index contributed by atoms with van der Waals surface area (Å²) in [6.45, 7) is 4.41. The van der Waals surface area contributed by atoms with Gasteiger partial charge >= 0.3 is 0 Å². The maximum atomic E-state index is 13.5. The first kappa shape index (κ1) is 22.6. The largest absolute Gasteiger partial charge is 0.495 e. The molecule has 0 radical (unpaired) electrons. The van der Waals surface area contributed by atoms with Crippen molar-refractivity contribution in [1.29, 1.82) is 0 Å². The zero-order valence-electron chi connectivity index (χ0n) is 18.2. The first-order chi connectivity index (χ1) is 15.5. The maximum Gasteiger partial charge on any atom is 0.234 e. The Bertz CT molecular complexity index is 1030. The summed E-state index contributed by atoms with van der Waals surface area (Å²) < 4.78 is 10.7. The van der Waals surface area contributed by atoms with E-state index in [-0.39, 0.29) is 24.8 Å². The number of thiazole rings is 1. The fraction of sp³-hybridized carbons (Fsp3) is 0.435. The maximum absolute atomic E-state index is 13.5. The molecule has 4 rings (SSSR count). The van der Waals surface area contributed by atoms with Crippen molar-refractivity contribution >= 4 is 45.6 Å². The van der Waals surface area contributed by atoms with Crippen LogP contribution in [0, 0.1) is 5.92 Å². The van der Waals surface area contributed by atoms with E-state index in [0.717, 1.165) is 31.4 Å². The van der Waals surface area contributed by atoms with Gasteiger partial charge in [0, 0.05) is 30.5 Å². The molecule has 170 valence electrons. The summed E-state index contributed by atoms with van der Waals surface area (Å²) in [5.41, 5.74) is 1.62. The van der Waals surface area contributed by atoms with Crippen molar-refractivity contribution in [3.63, 3.8) is 0 Å². The molecule has 1 aromatic heterocycles. The molecule has 7 nitrogen and oxygen atoms in total. The van der Waals surface area contributed by atoms with Crippen LogP contribution in [0.4, 0.5) is 10.8 Å². The number of benzene rings is 1. The third-order valence-corrected chi connectivity index (χ3v) is 7.34. The van der Waals surface area contributed by atoms with E-state index in [2.05, 4.69) is 6.58 Å². The molecule has 0 bridgehead atoms. The van der Waals surface area contributed by atoms with Crippen molar-refractivity contribution in [2.24, 2.45) is 5.92 Å². The van der Waals surface area contributed by atoms with Crippen LogP contribution in [-0.2, 0) is 22.4 Å². The normalized spacial score (nSPS) is 17.8. The highest BCUT2D eigenvalue weighted by atomic mass is 35.5. The van der Waals surface area contributed by atoms with Gasteiger partial charge in [0.1, 0.15) is 11.5 Å². The van der Waals surface area contributed by atoms with Crippen molar-refractivity contribution in [3.8, 4) is 11.5 Å². The third-order valence-electron chi connectivity index (χ3n) is 5.86. The van der Waals surface area contributed by atoms with Crippen LogP contribution in [0.5, 0.6) is 11.5 Å². The van der Waals surface area contributed by atoms with Crippen LogP contribution in [0.3, 0.4) is 0 Å². The summed E-state index contributed by atoms with van der Waals surface area (Å²) in [5.74, 6) is 0.152. The van der Waals surface area contributed by atoms with Crippen LogP contribution in [0.2, 0.25) is 5.02 Å². The number of halogens is 1. The molecule has 1 atom stereocenters. The van der Waals surface area contributed by atoms with Crippen molar-refractivity contribution in [2.75, 3.05) is 37.1 Å². The Labute approximate surface area is 196 Å². The zero-order chi connectivity index (χ0) is 22.8. The Hall–Kier alpha value is -2.58. The molecule has 2 amide bonds. The number of ether oxygens (including phenoxy) is 2. The molecule has 2 aliphatic rings. The predicted molar refractivity (Wildman–Crippen MR) is 126 cm³/mol. The zero-order valence-corrected chi connectivity index (χ0v) is 19.8. The molecule has 1 saturated heterocycles. The van der Waals surface area contributed by atoms with E-state index in [1.165, 1.54) is 19.1 Å². The highest BCUT2D eigenvalue weighted by Gasteiger charge is 2.39. The number of carbonyl (C=O) groups excluding carboxylic acids is 2. The van der Waals surface area contributed by atoms with Gasteiger partial charge in [-0.2, -0.15) is 0 Å². The minimum Gasteiger partial charge on any atom is -0.495 e. The van der Waals surface area contributed by atoms with Gasteiger partial charge in [0.25, 0.3) is 0 Å². The molecular weight excluding hydrogens is 450 g/mol. The summed E-state index contributed by atoms with van der Waals surface area (Å²) in [4.78, 5) is 35.6. The van der Waals surface area contributed by atoms with Crippen molar-refractivity contribution in [1.82, 2.24) is 4.98 Å². The molecule has 2 aromatic rings. The number of aromatic nitrogens is 1. The molecule has 32 heavy (non-hydrogen) atoms. The van der Waals surface area contributed by atoms with E-state index in [1.807, 2.05) is 0 Å². The molecular formula is C23H26ClN3O4S. The molecule has 0 spiro atoms. The summed E-state index contributed by atoms with van der Waals surface area (Å²) in [6, 6.07) is 3.28. The highest BCUT2D eigenvalue weighted by Crippen LogP contribution is 2.41. The molecule has 1 aromatic carbocycles. The Morgan fingerprint density at radius 2 is 2.06 bits per heavy atom. The van der Waals surface area contributed by atoms with Gasteiger partial charge in [-0.1, -0.05) is 17.7 Å². The number of hydrogen-bond donors (Lipinski definition) is 0. The summed E-state index contributed by atoms with van der Waals surface area (Å²) >= 11 is 7.87. The van der Waals surface area contributed by atoms with Crippen LogP contribution >= 0.6 is 22.9 Å². The standard InChI is InChI=1S/C23H26ClN3O4S/c1-4-9-26(23-25-16-7-5-6-8-20(16)32-23)22(29)14-10-21(28)27(13-14)17-11-15(24)18(30-2)12-19(17)31-3/h4,11-12,14H,1,5-10,13H2,2-3H3/t14-/m0/s1. The lowest BCUT2D eigenvalue weighted by Gasteiger charge is -2.23. The topological polar surface area (TPSA) is 72.0 Å². The number of rotatable bonds is 7. The lowest BCUT2D eigenvalue weighted by molar-refractivity contribution is -0.124. The lowest BCUT2D eigenvalue weighted by atomic mass is 10.0. The minimum atomic E-state index is -0.492. The second kappa shape index (κ2) is 9.50. The van der Waals surface area contributed by atoms with Crippen molar-refractivity contribution < 1.29 is 19.1 Å². The second-order valence-corrected chi connectivity index (χ2v) is 9.34. The Balaban J connectivity index is 1.58. The highest BCUT2D eigenvalue weighted by molar-refractivity contribution is 7.16. The molecule has 1 fully saturated rings. The van der Waals surface area contributed by atoms with Gasteiger partial charge < -0.3 is 14.4 Å². The quantitative estimate of drug-likeness (QED) is 0.559. The van der Waals surface area contributed by atoms with Gasteiger partial charge in [0.15, 0.2) is 5.13 Å². The van der Waals surface area contributed by atoms with Crippen LogP contribution < -0.4 is 19.3 Å². The Morgan fingerprint density at radius 1 is 1.31 bits per heavy atom. The van der Waals surface area contributed by atoms with Gasteiger partial charge in [0.2, 0.25) is 11.8 Å². The number of amides is 2. The van der Waals surface area contributed by atoms with Crippen LogP contribution in [-0.4, -0.2) is 44.1 Å². The Kier molecular flexibility index (Phi) is 6.71. The second-order valence-electron chi connectivity index (χ2n) is 7.87. The fourth-order valence-electron chi connectivity index (χ4n) is 4.23. The number of fused-ring (bicyclic) bond motifs is 1. The van der Waals surface area contributed by atoms with Crippen LogP contribution in [0.15, 0.2) is 24.8 Å². The van der Waals surface area contributed by atoms with E-state index < -0.39 is 5.92 Å². The molecule has 1 aliphatic heterocycles. The summed E-state index contributed by atoms with van der Waals surface area (Å²) in [6.07, 6.45) is 6.06. The average molecular weight is 476 g/mol. The number of methoxy groups -OCH3 is 2. The number of nitrogens with zero attached hydrogens (tertiary/aromatic N) is 3. The minimum absolute atomic E-state index is 0.115. The number of carbonyl (C=O) groups is 2. The van der Waals surface area contributed by atoms with Gasteiger partial charge in [-0.05, 0) is 31.7 Å². The number of aryl methyl sites for hydroxylation is 2. The van der Waals surface area contributed by atoms with E-state index in [9.17, 15) is 9.59 Å². The number of hydrogen-bond acceptors (Lipinski definition) is 6. The summed E-state index contributed by atoms with van der Waals surface area (Å²) in [7, 11) is 3.03. The lowest BCUT2D eigenvalue weighted by Crippen LogP contribution is -2.37. The van der Waals surface area contributed by atoms with Crippen LogP contribution in [0.1, 0.15) is 29.8 Å². The average Bonchev–Trinajstić information content (AvgIpc) is 3.40. The predicted octanol–water partition coefficient (Wildman–Crippen LogP) is 4.26. The van der Waals surface area contributed by atoms with Gasteiger partial charge in [-0.15, -0.1) is 17.9 Å². The van der Waals surface area contributed by atoms with Crippen LogP contribution in [0.25, 0.3) is 0 Å². The van der Waals surface area contributed by atoms with Crippen molar-refractivity contribution in [3.05, 3.63) is 40.4 Å². The molecule has 2 heterocycles. The van der Waals surface area contributed by atoms with Gasteiger partial charge in [0.05, 0.1) is 36.5 Å². The van der Waals surface area contributed by atoms with E-state index in [1.54, 1.807) is 39.3 Å².